The Kier molecular flexibility index (Phi) is 4.99. The molecular formula is C12H14N2O5. The Morgan fingerprint density at radius 2 is 2.11 bits per heavy atom. The molecule has 0 bridgehead atoms. The summed E-state index contributed by atoms with van der Waals surface area (Å²) in [6, 6.07) is 4.08. The third-order valence-electron chi connectivity index (χ3n) is 2.35. The van der Waals surface area contributed by atoms with Crippen LogP contribution in [-0.2, 0) is 14.3 Å². The zero-order valence-corrected chi connectivity index (χ0v) is 10.6. The van der Waals surface area contributed by atoms with Crippen molar-refractivity contribution in [3.63, 3.8) is 0 Å². The van der Waals surface area contributed by atoms with Crippen LogP contribution in [0.4, 0.5) is 11.4 Å². The summed E-state index contributed by atoms with van der Waals surface area (Å²) in [7, 11) is 0. The van der Waals surface area contributed by atoms with Crippen LogP contribution in [0, 0.1) is 17.0 Å². The van der Waals surface area contributed by atoms with Crippen LogP contribution in [0.25, 0.3) is 0 Å². The summed E-state index contributed by atoms with van der Waals surface area (Å²) >= 11 is 0. The summed E-state index contributed by atoms with van der Waals surface area (Å²) in [4.78, 5) is 32.4. The quantitative estimate of drug-likeness (QED) is 0.497. The minimum atomic E-state index is -0.512. The molecule has 102 valence electrons. The van der Waals surface area contributed by atoms with Crippen molar-refractivity contribution in [3.8, 4) is 0 Å². The number of non-ortho nitro benzene ring substituents is 1. The van der Waals surface area contributed by atoms with Gasteiger partial charge in [0, 0.05) is 24.2 Å². The number of amides is 1. The van der Waals surface area contributed by atoms with Crippen LogP contribution in [0.1, 0.15) is 18.9 Å². The zero-order chi connectivity index (χ0) is 14.4. The highest BCUT2D eigenvalue weighted by Crippen LogP contribution is 2.20. The van der Waals surface area contributed by atoms with Crippen molar-refractivity contribution >= 4 is 23.3 Å². The van der Waals surface area contributed by atoms with Gasteiger partial charge in [0.15, 0.2) is 6.61 Å². The Labute approximate surface area is 109 Å². The van der Waals surface area contributed by atoms with Gasteiger partial charge in [-0.25, -0.2) is 0 Å². The van der Waals surface area contributed by atoms with Crippen molar-refractivity contribution in [3.05, 3.63) is 33.9 Å². The van der Waals surface area contributed by atoms with Crippen molar-refractivity contribution < 1.29 is 19.2 Å². The summed E-state index contributed by atoms with van der Waals surface area (Å²) in [6.07, 6.45) is 0.198. The van der Waals surface area contributed by atoms with Crippen LogP contribution in [0.2, 0.25) is 0 Å². The van der Waals surface area contributed by atoms with E-state index >= 15 is 0 Å². The standard InChI is InChI=1S/C12H14N2O5/c1-3-12(16)19-7-11(15)13-10-5-4-9(14(17)18)6-8(10)2/h4-6H,3,7H2,1-2H3,(H,13,15). The first kappa shape index (κ1) is 14.6. The molecule has 0 aliphatic heterocycles. The summed E-state index contributed by atoms with van der Waals surface area (Å²) in [5.41, 5.74) is 0.959. The number of nitro groups is 1. The molecule has 0 fully saturated rings. The van der Waals surface area contributed by atoms with Crippen LogP contribution in [0.3, 0.4) is 0 Å². The van der Waals surface area contributed by atoms with Crippen molar-refractivity contribution in [2.24, 2.45) is 0 Å². The first-order valence-electron chi connectivity index (χ1n) is 5.64. The summed E-state index contributed by atoms with van der Waals surface area (Å²) < 4.78 is 4.67. The highest BCUT2D eigenvalue weighted by Gasteiger charge is 2.11. The molecule has 0 atom stereocenters. The second-order valence-electron chi connectivity index (χ2n) is 3.82. The monoisotopic (exact) mass is 266 g/mol. The van der Waals surface area contributed by atoms with Gasteiger partial charge < -0.3 is 10.1 Å². The van der Waals surface area contributed by atoms with E-state index in [9.17, 15) is 19.7 Å². The zero-order valence-electron chi connectivity index (χ0n) is 10.6. The van der Waals surface area contributed by atoms with Crippen molar-refractivity contribution in [2.45, 2.75) is 20.3 Å². The molecule has 0 unspecified atom stereocenters. The fourth-order valence-corrected chi connectivity index (χ4v) is 1.34. The number of anilines is 1. The number of hydrogen-bond acceptors (Lipinski definition) is 5. The van der Waals surface area contributed by atoms with Crippen molar-refractivity contribution in [1.82, 2.24) is 0 Å². The molecule has 0 aliphatic carbocycles. The van der Waals surface area contributed by atoms with Gasteiger partial charge in [0.1, 0.15) is 0 Å². The minimum Gasteiger partial charge on any atom is -0.456 e. The second-order valence-corrected chi connectivity index (χ2v) is 3.82. The number of ether oxygens (including phenoxy) is 1. The SMILES string of the molecule is CCC(=O)OCC(=O)Nc1ccc([N+](=O)[O-])cc1C. The molecule has 0 saturated heterocycles. The van der Waals surface area contributed by atoms with E-state index in [4.69, 9.17) is 0 Å². The lowest BCUT2D eigenvalue weighted by Gasteiger charge is -2.08. The predicted octanol–water partition coefficient (Wildman–Crippen LogP) is 1.79. The van der Waals surface area contributed by atoms with Gasteiger partial charge >= 0.3 is 5.97 Å². The van der Waals surface area contributed by atoms with E-state index in [0.717, 1.165) is 0 Å². The van der Waals surface area contributed by atoms with E-state index in [1.807, 2.05) is 0 Å². The third-order valence-corrected chi connectivity index (χ3v) is 2.35. The molecule has 1 amide bonds. The molecule has 1 N–H and O–H groups in total. The number of nitrogens with zero attached hydrogens (tertiary/aromatic N) is 1. The van der Waals surface area contributed by atoms with E-state index < -0.39 is 16.8 Å². The Morgan fingerprint density at radius 3 is 2.63 bits per heavy atom. The fourth-order valence-electron chi connectivity index (χ4n) is 1.34. The van der Waals surface area contributed by atoms with Gasteiger partial charge in [0.2, 0.25) is 0 Å². The fraction of sp³-hybridized carbons (Fsp3) is 0.333. The molecule has 0 aromatic heterocycles. The number of nitro benzene ring substituents is 1. The van der Waals surface area contributed by atoms with E-state index in [1.54, 1.807) is 13.8 Å². The van der Waals surface area contributed by atoms with E-state index in [0.29, 0.717) is 11.3 Å². The molecule has 0 aliphatic rings. The summed E-state index contributed by atoms with van der Waals surface area (Å²) in [6.45, 7) is 2.89. The maximum Gasteiger partial charge on any atom is 0.306 e. The first-order chi connectivity index (χ1) is 8.93. The lowest BCUT2D eigenvalue weighted by molar-refractivity contribution is -0.384. The lowest BCUT2D eigenvalue weighted by atomic mass is 10.2. The second kappa shape index (κ2) is 6.48. The van der Waals surface area contributed by atoms with Crippen LogP contribution in [-0.4, -0.2) is 23.4 Å². The Bertz CT molecular complexity index is 513. The van der Waals surface area contributed by atoms with Gasteiger partial charge in [-0.2, -0.15) is 0 Å². The number of aryl methyl sites for hydroxylation is 1. The van der Waals surface area contributed by atoms with Crippen LogP contribution in [0.5, 0.6) is 0 Å². The highest BCUT2D eigenvalue weighted by molar-refractivity contribution is 5.93. The average molecular weight is 266 g/mol. The van der Waals surface area contributed by atoms with Gasteiger partial charge in [0.05, 0.1) is 4.92 Å². The van der Waals surface area contributed by atoms with Gasteiger partial charge in [-0.3, -0.25) is 19.7 Å². The van der Waals surface area contributed by atoms with Crippen LogP contribution < -0.4 is 5.32 Å². The topological polar surface area (TPSA) is 98.5 Å². The summed E-state index contributed by atoms with van der Waals surface area (Å²) in [5.74, 6) is -0.950. The normalized spacial score (nSPS) is 9.79. The Morgan fingerprint density at radius 1 is 1.42 bits per heavy atom. The number of hydrogen-bond donors (Lipinski definition) is 1. The Hall–Kier alpha value is -2.44. The Balaban J connectivity index is 2.64. The number of benzene rings is 1. The van der Waals surface area contributed by atoms with Gasteiger partial charge in [0.25, 0.3) is 11.6 Å². The molecule has 0 saturated carbocycles. The van der Waals surface area contributed by atoms with Crippen LogP contribution >= 0.6 is 0 Å². The molecule has 0 spiro atoms. The smallest absolute Gasteiger partial charge is 0.306 e. The molecule has 0 radical (unpaired) electrons. The number of carbonyl (C=O) groups is 2. The summed E-state index contributed by atoms with van der Waals surface area (Å²) in [5, 5.41) is 13.1. The van der Waals surface area contributed by atoms with Crippen LogP contribution in [0.15, 0.2) is 18.2 Å². The molecule has 1 aromatic carbocycles. The first-order valence-corrected chi connectivity index (χ1v) is 5.64. The van der Waals surface area contributed by atoms with Gasteiger partial charge in [-0.05, 0) is 18.6 Å². The largest absolute Gasteiger partial charge is 0.456 e. The number of rotatable bonds is 5. The number of esters is 1. The molecular weight excluding hydrogens is 252 g/mol. The maximum absolute atomic E-state index is 11.5. The van der Waals surface area contributed by atoms with Crippen molar-refractivity contribution in [2.75, 3.05) is 11.9 Å². The van der Waals surface area contributed by atoms with E-state index in [2.05, 4.69) is 10.1 Å². The third kappa shape index (κ3) is 4.38. The molecule has 19 heavy (non-hydrogen) atoms. The van der Waals surface area contributed by atoms with Gasteiger partial charge in [-0.15, -0.1) is 0 Å². The molecule has 0 heterocycles. The predicted molar refractivity (Wildman–Crippen MR) is 67.7 cm³/mol. The molecule has 1 aromatic rings. The van der Waals surface area contributed by atoms with E-state index in [1.165, 1.54) is 18.2 Å². The average Bonchev–Trinajstić information content (AvgIpc) is 2.38. The molecule has 1 rings (SSSR count). The molecule has 7 heteroatoms. The maximum atomic E-state index is 11.5. The molecule has 7 nitrogen and oxygen atoms in total. The highest BCUT2D eigenvalue weighted by atomic mass is 16.6. The minimum absolute atomic E-state index is 0.0482. The lowest BCUT2D eigenvalue weighted by Crippen LogP contribution is -2.20. The van der Waals surface area contributed by atoms with Gasteiger partial charge in [-0.1, -0.05) is 6.92 Å². The number of carbonyl (C=O) groups excluding carboxylic acids is 2. The van der Waals surface area contributed by atoms with Crippen molar-refractivity contribution in [1.29, 1.82) is 0 Å². The van der Waals surface area contributed by atoms with E-state index in [-0.39, 0.29) is 18.7 Å². The number of nitrogens with one attached hydrogen (secondary N) is 1.